The van der Waals surface area contributed by atoms with E-state index in [1.165, 1.54) is 40.0 Å². The second-order valence-corrected chi connectivity index (χ2v) is 48.2. The average Bonchev–Trinajstić information content (AvgIpc) is 1.60. The molecule has 3 heterocycles. The van der Waals surface area contributed by atoms with Gasteiger partial charge < -0.3 is 37.5 Å². The molecule has 0 amide bonds. The summed E-state index contributed by atoms with van der Waals surface area (Å²) in [6.45, 7) is 41.4. The number of aryl methyl sites for hydroxylation is 3. The molecule has 3 aliphatic rings. The van der Waals surface area contributed by atoms with Crippen LogP contribution in [0.3, 0.4) is 0 Å². The molecule has 0 atom stereocenters. The Bertz CT molecular complexity index is 3410. The summed E-state index contributed by atoms with van der Waals surface area (Å²) in [7, 11) is -11.2. The Labute approximate surface area is 633 Å². The summed E-state index contributed by atoms with van der Waals surface area (Å²) in [5.74, 6) is 0.000126. The first-order valence-corrected chi connectivity index (χ1v) is 46.3. The molecule has 9 rings (SSSR count). The molecule has 3 fully saturated rings. The number of ether oxygens (including phenoxy) is 3. The third kappa shape index (κ3) is 39.1. The second kappa shape index (κ2) is 45.3. The van der Waals surface area contributed by atoms with Crippen LogP contribution in [-0.2, 0) is 58.7 Å². The van der Waals surface area contributed by atoms with E-state index in [1.54, 1.807) is 56.8 Å². The van der Waals surface area contributed by atoms with Crippen LogP contribution in [0.25, 0.3) is 0 Å². The number of carbonyl (C=O) groups is 2. The Kier molecular flexibility index (Phi) is 43.1. The minimum Gasteiger partial charge on any atom is -0.744 e. The van der Waals surface area contributed by atoms with Crippen molar-refractivity contribution in [3.63, 3.8) is 0 Å². The van der Waals surface area contributed by atoms with Crippen LogP contribution in [0.4, 0.5) is 0 Å². The minimum absolute atomic E-state index is 0.0463. The molecule has 2 saturated heterocycles. The molecule has 98 heavy (non-hydrogen) atoms. The van der Waals surface area contributed by atoms with E-state index >= 15 is 0 Å². The maximum Gasteiger partial charge on any atom is 0.124 e. The molecule has 6 aromatic rings. The summed E-state index contributed by atoms with van der Waals surface area (Å²) in [5.41, 5.74) is 2.43. The Morgan fingerprint density at radius 1 is 0.541 bits per heavy atom. The van der Waals surface area contributed by atoms with Crippen molar-refractivity contribution in [2.45, 2.75) is 223 Å². The van der Waals surface area contributed by atoms with Crippen LogP contribution in [0, 0.1) is 30.8 Å². The summed E-state index contributed by atoms with van der Waals surface area (Å²) in [6.07, 6.45) is 3.21. The van der Waals surface area contributed by atoms with Gasteiger partial charge in [-0.2, -0.15) is 0 Å². The van der Waals surface area contributed by atoms with Gasteiger partial charge in [-0.3, -0.25) is 0 Å². The van der Waals surface area contributed by atoms with E-state index in [9.17, 15) is 48.5 Å². The number of carbonyl (C=O) groups excluding carboxylic acids is 2. The molecule has 5 aromatic carbocycles. The third-order valence-corrected chi connectivity index (χ3v) is 28.5. The zero-order chi connectivity index (χ0) is 75.0. The molecule has 0 bridgehead atoms. The Morgan fingerprint density at radius 3 is 1.15 bits per heavy atom. The van der Waals surface area contributed by atoms with E-state index in [1.807, 2.05) is 71.9 Å². The molecule has 2 aliphatic heterocycles. The average molecular weight is 1890 g/mol. The van der Waals surface area contributed by atoms with Gasteiger partial charge in [-0.05, 0) is 109 Å². The van der Waals surface area contributed by atoms with Crippen molar-refractivity contribution < 1.29 is 141 Å². The molecule has 0 unspecified atom stereocenters. The first-order chi connectivity index (χ1) is 45.2. The molecule has 1 aliphatic carbocycles. The number of hydrogen-bond acceptors (Lipinski definition) is 18. The van der Waals surface area contributed by atoms with Crippen LogP contribution >= 0.6 is 32.1 Å². The van der Waals surface area contributed by atoms with E-state index in [-0.39, 0.29) is 85.8 Å². The van der Waals surface area contributed by atoms with E-state index in [2.05, 4.69) is 143 Å². The predicted molar refractivity (Wildman–Crippen MR) is 390 cm³/mol. The Balaban J connectivity index is 0.000000556. The first kappa shape index (κ1) is 93.1. The van der Waals surface area contributed by atoms with Crippen molar-refractivity contribution in [1.82, 2.24) is 0 Å². The van der Waals surface area contributed by atoms with Gasteiger partial charge in [-0.15, -0.1) is 0 Å². The van der Waals surface area contributed by atoms with Crippen LogP contribution in [0.5, 0.6) is 5.75 Å². The molecule has 1 N–H and O–H groups in total. The largest absolute Gasteiger partial charge is 0.744 e. The van der Waals surface area contributed by atoms with Crippen LogP contribution < -0.4 is 68.4 Å². The van der Waals surface area contributed by atoms with Gasteiger partial charge in [0.25, 0.3) is 12.7 Å². The fourth-order valence-corrected chi connectivity index (χ4v) is 19.5. The van der Waals surface area contributed by atoms with E-state index in [0.29, 0.717) is 49.6 Å². The molecular formula is C71H102B2I4O17S4-6. The Hall–Kier alpha value is -2.93. The SMILES string of the molecule is CB(O)C(C)C.CC(C)B1OC(C)(C)C(C)(C)O1.CC(C)I=C1C(=O)OC2(CCCC2)OC1=O.CC(C)[I-]c1ccccc1.CC(C)[I-]c1cccs1.COc1ccc([I-]C(C)C)cc1.Cc1ccc(S(=O)(=O)[O-])cc1.Cc1ccc(S(=O)(=O)[O-])cc1.Cc1ccc(S(=O)(=O)[O-])cc1. The maximum absolute atomic E-state index is 11.8. The maximum atomic E-state index is 11.8. The number of methoxy groups -OCH3 is 1. The summed E-state index contributed by atoms with van der Waals surface area (Å²) < 4.78 is 129. The number of thiophene rings is 1. The molecule has 1 aromatic heterocycles. The van der Waals surface area contributed by atoms with Gasteiger partial charge in [0.1, 0.15) is 30.4 Å². The molecule has 27 heteroatoms. The predicted octanol–water partition coefficient (Wildman–Crippen LogP) is 6.24. The summed E-state index contributed by atoms with van der Waals surface area (Å²) in [6, 6.07) is 40.9. The summed E-state index contributed by atoms with van der Waals surface area (Å²) in [4.78, 5) is 23.0. The standard InChI is InChI=1S/C11H15IO4.C10H14IO.C9H19BO2.C9H12I.C7H10IS.3C7H8O3S.C4H11BO/c1-7(2)12-8-9(13)15-11(16-10(8)14)5-3-4-6-11;1-8(2)11-9-4-6-10(12-3)7-5-9;1-7(2)10-11-8(3,4)9(5,6)12-10;1-8(2)10-9-6-4-3-5-7-9;1-6(2)8-7-4-3-5-9-7;3*1-6-2-4-7(5-3-6)11(8,9)10;1-4(2)5(3)6/h7H,3-6H2,1-2H3;4-8H,1-3H3;7H,1-6H3;3-8H,1-2H3;3-6H,1-2H3;3*2-5H,1H3,(H,8,9,10);4,6H,1-3H3/q;-1;;2*-1;;;;/p-3. The van der Waals surface area contributed by atoms with Gasteiger partial charge >= 0.3 is 247 Å². The fraction of sp³-hybridized carbons (Fsp3) is 0.479. The van der Waals surface area contributed by atoms with Crippen molar-refractivity contribution in [2.75, 3.05) is 7.11 Å². The van der Waals surface area contributed by atoms with Gasteiger partial charge in [0.2, 0.25) is 0 Å². The quantitative estimate of drug-likeness (QED) is 0.0441. The monoisotopic (exact) mass is 1880 g/mol. The number of hydrogen-bond donors (Lipinski definition) is 1. The molecule has 1 spiro atoms. The second-order valence-electron chi connectivity index (χ2n) is 25.2. The van der Waals surface area contributed by atoms with Gasteiger partial charge in [0.05, 0.1) is 25.9 Å². The van der Waals surface area contributed by atoms with Crippen LogP contribution in [0.1, 0.15) is 153 Å². The minimum atomic E-state index is -4.27. The zero-order valence-corrected chi connectivity index (χ0v) is 72.3. The number of alkyl halides is 4. The molecule has 0 radical (unpaired) electrons. The van der Waals surface area contributed by atoms with Gasteiger partial charge in [-0.1, -0.05) is 122 Å². The van der Waals surface area contributed by atoms with Gasteiger partial charge in [-0.25, -0.2) is 34.8 Å². The van der Waals surface area contributed by atoms with E-state index in [4.69, 9.17) is 28.5 Å². The normalized spacial score (nSPS) is 15.0. The van der Waals surface area contributed by atoms with Gasteiger partial charge in [0.15, 0.2) is 3.51 Å². The van der Waals surface area contributed by atoms with E-state index < -0.39 is 68.8 Å². The molecular weight excluding hydrogens is 1780 g/mol. The fourth-order valence-electron chi connectivity index (χ4n) is 7.40. The van der Waals surface area contributed by atoms with Crippen LogP contribution in [0.2, 0.25) is 18.5 Å². The van der Waals surface area contributed by atoms with E-state index in [0.717, 1.165) is 47.1 Å². The number of rotatable bonds is 13. The van der Waals surface area contributed by atoms with Gasteiger partial charge in [0, 0.05) is 16.8 Å². The number of esters is 2. The number of benzene rings is 5. The van der Waals surface area contributed by atoms with Crippen molar-refractivity contribution in [3.8, 4) is 5.75 Å². The molecule has 1 saturated carbocycles. The number of halogens is 4. The Morgan fingerprint density at radius 2 is 0.888 bits per heavy atom. The molecule has 552 valence electrons. The van der Waals surface area contributed by atoms with Crippen molar-refractivity contribution >= 4 is 91.9 Å². The van der Waals surface area contributed by atoms with Crippen molar-refractivity contribution in [3.05, 3.63) is 172 Å². The first-order valence-electron chi connectivity index (χ1n) is 31.9. The zero-order valence-electron chi connectivity index (χ0n) is 60.4. The van der Waals surface area contributed by atoms with Crippen molar-refractivity contribution in [2.24, 2.45) is 0 Å². The summed E-state index contributed by atoms with van der Waals surface area (Å²) >= 11 is 2.08. The summed E-state index contributed by atoms with van der Waals surface area (Å²) in [5, 5.41) is 10.8. The third-order valence-electron chi connectivity index (χ3n) is 13.6. The van der Waals surface area contributed by atoms with Crippen LogP contribution in [0.15, 0.2) is 160 Å². The van der Waals surface area contributed by atoms with Crippen LogP contribution in [-0.4, -0.2) is 113 Å². The topological polar surface area (TPSA) is 272 Å². The van der Waals surface area contributed by atoms with Crippen molar-refractivity contribution in [1.29, 1.82) is 0 Å². The molecule has 17 nitrogen and oxygen atoms in total. The smallest absolute Gasteiger partial charge is 0.124 e.